The smallest absolute Gasteiger partial charge is 0.262 e. The standard InChI is InChI=1S/C19H26ClN3O2S/c1-5-6-7-10-23-17(25)14-9-8-13(20)11-15(14)21-18(23)26-12-16(24)22-19(2,3)4/h8-9,11H,5-7,10,12H2,1-4H3,(H,22,24). The Morgan fingerprint density at radius 2 is 2.04 bits per heavy atom. The number of nitrogens with zero attached hydrogens (tertiary/aromatic N) is 2. The van der Waals surface area contributed by atoms with Gasteiger partial charge in [-0.15, -0.1) is 0 Å². The second kappa shape index (κ2) is 8.91. The zero-order valence-corrected chi connectivity index (χ0v) is 17.3. The van der Waals surface area contributed by atoms with E-state index in [0.717, 1.165) is 19.3 Å². The van der Waals surface area contributed by atoms with Crippen LogP contribution in [0.25, 0.3) is 10.9 Å². The van der Waals surface area contributed by atoms with E-state index in [2.05, 4.69) is 17.2 Å². The molecule has 1 heterocycles. The summed E-state index contributed by atoms with van der Waals surface area (Å²) in [5, 5.41) is 4.57. The molecule has 1 aromatic heterocycles. The van der Waals surface area contributed by atoms with Crippen LogP contribution in [0, 0.1) is 0 Å². The molecule has 1 amide bonds. The lowest BCUT2D eigenvalue weighted by atomic mass is 10.1. The maximum atomic E-state index is 12.9. The fourth-order valence-corrected chi connectivity index (χ4v) is 3.58. The van der Waals surface area contributed by atoms with Crippen molar-refractivity contribution >= 4 is 40.2 Å². The van der Waals surface area contributed by atoms with Crippen molar-refractivity contribution in [1.82, 2.24) is 14.9 Å². The lowest BCUT2D eigenvalue weighted by molar-refractivity contribution is -0.119. The van der Waals surface area contributed by atoms with E-state index < -0.39 is 0 Å². The van der Waals surface area contributed by atoms with E-state index in [1.54, 1.807) is 22.8 Å². The number of hydrogen-bond donors (Lipinski definition) is 1. The van der Waals surface area contributed by atoms with Gasteiger partial charge < -0.3 is 5.32 Å². The minimum Gasteiger partial charge on any atom is -0.351 e. The Bertz CT molecular complexity index is 843. The third kappa shape index (κ3) is 5.74. The third-order valence-corrected chi connectivity index (χ3v) is 4.93. The summed E-state index contributed by atoms with van der Waals surface area (Å²) >= 11 is 7.33. The highest BCUT2D eigenvalue weighted by Gasteiger charge is 2.16. The maximum absolute atomic E-state index is 12.9. The predicted octanol–water partition coefficient (Wildman–Crippen LogP) is 4.25. The first-order valence-electron chi connectivity index (χ1n) is 8.85. The number of thioether (sulfide) groups is 1. The fourth-order valence-electron chi connectivity index (χ4n) is 2.59. The van der Waals surface area contributed by atoms with Gasteiger partial charge in [-0.3, -0.25) is 14.2 Å². The molecular formula is C19H26ClN3O2S. The van der Waals surface area contributed by atoms with Crippen molar-refractivity contribution in [2.24, 2.45) is 0 Å². The van der Waals surface area contributed by atoms with E-state index in [-0.39, 0.29) is 22.8 Å². The van der Waals surface area contributed by atoms with E-state index in [9.17, 15) is 9.59 Å². The summed E-state index contributed by atoms with van der Waals surface area (Å²) in [6.07, 6.45) is 3.01. The number of fused-ring (bicyclic) bond motifs is 1. The highest BCUT2D eigenvalue weighted by Crippen LogP contribution is 2.21. The molecule has 2 aromatic rings. The number of unbranched alkanes of at least 4 members (excludes halogenated alkanes) is 2. The van der Waals surface area contributed by atoms with Crippen LogP contribution < -0.4 is 10.9 Å². The van der Waals surface area contributed by atoms with E-state index in [1.807, 2.05) is 20.8 Å². The molecule has 0 saturated carbocycles. The Hall–Kier alpha value is -1.53. The summed E-state index contributed by atoms with van der Waals surface area (Å²) in [6.45, 7) is 8.53. The van der Waals surface area contributed by atoms with Gasteiger partial charge >= 0.3 is 0 Å². The number of benzene rings is 1. The van der Waals surface area contributed by atoms with Crippen molar-refractivity contribution < 1.29 is 4.79 Å². The first-order chi connectivity index (χ1) is 12.2. The van der Waals surface area contributed by atoms with Gasteiger partial charge in [0.05, 0.1) is 16.7 Å². The Kier molecular flexibility index (Phi) is 7.12. The molecule has 0 aliphatic carbocycles. The molecule has 2 rings (SSSR count). The number of hydrogen-bond acceptors (Lipinski definition) is 4. The van der Waals surface area contributed by atoms with Gasteiger partial charge in [-0.1, -0.05) is 43.1 Å². The fraction of sp³-hybridized carbons (Fsp3) is 0.526. The molecule has 0 spiro atoms. The lowest BCUT2D eigenvalue weighted by Crippen LogP contribution is -2.41. The Labute approximate surface area is 163 Å². The minimum atomic E-state index is -0.289. The van der Waals surface area contributed by atoms with Crippen LogP contribution >= 0.6 is 23.4 Å². The van der Waals surface area contributed by atoms with Crippen LogP contribution in [-0.2, 0) is 11.3 Å². The second-order valence-electron chi connectivity index (χ2n) is 7.31. The number of halogens is 1. The average Bonchev–Trinajstić information content (AvgIpc) is 2.53. The van der Waals surface area contributed by atoms with Gasteiger partial charge in [0, 0.05) is 17.1 Å². The molecular weight excluding hydrogens is 370 g/mol. The van der Waals surface area contributed by atoms with Crippen LogP contribution in [0.2, 0.25) is 5.02 Å². The number of carbonyl (C=O) groups excluding carboxylic acids is 1. The van der Waals surface area contributed by atoms with E-state index in [0.29, 0.717) is 27.6 Å². The van der Waals surface area contributed by atoms with Crippen molar-refractivity contribution in [3.63, 3.8) is 0 Å². The van der Waals surface area contributed by atoms with Crippen molar-refractivity contribution in [3.8, 4) is 0 Å². The maximum Gasteiger partial charge on any atom is 0.262 e. The lowest BCUT2D eigenvalue weighted by Gasteiger charge is -2.20. The summed E-state index contributed by atoms with van der Waals surface area (Å²) < 4.78 is 1.68. The minimum absolute atomic E-state index is 0.0805. The molecule has 0 aliphatic heterocycles. The van der Waals surface area contributed by atoms with E-state index in [4.69, 9.17) is 11.6 Å². The van der Waals surface area contributed by atoms with Gasteiger partial charge in [0.1, 0.15) is 0 Å². The molecule has 5 nitrogen and oxygen atoms in total. The Morgan fingerprint density at radius 1 is 1.31 bits per heavy atom. The van der Waals surface area contributed by atoms with Crippen molar-refractivity contribution in [1.29, 1.82) is 0 Å². The Morgan fingerprint density at radius 3 is 2.69 bits per heavy atom. The molecule has 0 unspecified atom stereocenters. The first-order valence-corrected chi connectivity index (χ1v) is 10.2. The Balaban J connectivity index is 2.33. The normalized spacial score (nSPS) is 11.7. The van der Waals surface area contributed by atoms with Crippen LogP contribution in [0.15, 0.2) is 28.2 Å². The summed E-state index contributed by atoms with van der Waals surface area (Å²) in [5.41, 5.74) is 0.192. The predicted molar refractivity (Wildman–Crippen MR) is 109 cm³/mol. The van der Waals surface area contributed by atoms with Crippen LogP contribution in [-0.4, -0.2) is 26.8 Å². The number of nitrogens with one attached hydrogen (secondary N) is 1. The average molecular weight is 396 g/mol. The molecule has 0 fully saturated rings. The SMILES string of the molecule is CCCCCn1c(SCC(=O)NC(C)(C)C)nc2cc(Cl)ccc2c1=O. The van der Waals surface area contributed by atoms with E-state index >= 15 is 0 Å². The molecule has 0 aliphatic rings. The monoisotopic (exact) mass is 395 g/mol. The van der Waals surface area contributed by atoms with Crippen LogP contribution in [0.5, 0.6) is 0 Å². The zero-order valence-electron chi connectivity index (χ0n) is 15.8. The van der Waals surface area contributed by atoms with E-state index in [1.165, 1.54) is 11.8 Å². The summed E-state index contributed by atoms with van der Waals surface area (Å²) in [6, 6.07) is 5.10. The molecule has 0 atom stereocenters. The molecule has 0 saturated heterocycles. The van der Waals surface area contributed by atoms with Gasteiger partial charge in [-0.2, -0.15) is 0 Å². The van der Waals surface area contributed by atoms with Gasteiger partial charge in [-0.05, 0) is 45.4 Å². The summed E-state index contributed by atoms with van der Waals surface area (Å²) in [5.74, 6) is 0.131. The van der Waals surface area contributed by atoms with Gasteiger partial charge in [0.15, 0.2) is 5.16 Å². The highest BCUT2D eigenvalue weighted by atomic mass is 35.5. The van der Waals surface area contributed by atoms with Gasteiger partial charge in [0.25, 0.3) is 5.56 Å². The number of rotatable bonds is 7. The molecule has 0 radical (unpaired) electrons. The zero-order chi connectivity index (χ0) is 19.3. The second-order valence-corrected chi connectivity index (χ2v) is 8.69. The first kappa shape index (κ1) is 20.8. The quantitative estimate of drug-likeness (QED) is 0.432. The largest absolute Gasteiger partial charge is 0.351 e. The molecule has 1 aromatic carbocycles. The van der Waals surface area contributed by atoms with Gasteiger partial charge in [-0.25, -0.2) is 4.98 Å². The van der Waals surface area contributed by atoms with Crippen molar-refractivity contribution in [3.05, 3.63) is 33.6 Å². The highest BCUT2D eigenvalue weighted by molar-refractivity contribution is 7.99. The summed E-state index contributed by atoms with van der Waals surface area (Å²) in [4.78, 5) is 29.6. The number of amides is 1. The van der Waals surface area contributed by atoms with Gasteiger partial charge in [0.2, 0.25) is 5.91 Å². The molecule has 26 heavy (non-hydrogen) atoms. The molecule has 1 N–H and O–H groups in total. The number of carbonyl (C=O) groups is 1. The third-order valence-electron chi connectivity index (χ3n) is 3.71. The molecule has 142 valence electrons. The van der Waals surface area contributed by atoms with Crippen LogP contribution in [0.1, 0.15) is 47.0 Å². The molecule has 0 bridgehead atoms. The van der Waals surface area contributed by atoms with Crippen LogP contribution in [0.4, 0.5) is 0 Å². The van der Waals surface area contributed by atoms with Crippen molar-refractivity contribution in [2.75, 3.05) is 5.75 Å². The number of aromatic nitrogens is 2. The van der Waals surface area contributed by atoms with Crippen LogP contribution in [0.3, 0.4) is 0 Å². The van der Waals surface area contributed by atoms with Crippen molar-refractivity contribution in [2.45, 2.75) is 64.2 Å². The topological polar surface area (TPSA) is 64.0 Å². The molecule has 7 heteroatoms. The summed E-state index contributed by atoms with van der Waals surface area (Å²) in [7, 11) is 0.